The lowest BCUT2D eigenvalue weighted by Crippen LogP contribution is -2.33. The molecule has 6 nitrogen and oxygen atoms in total. The van der Waals surface area contributed by atoms with E-state index < -0.39 is 16.1 Å². The van der Waals surface area contributed by atoms with Crippen molar-refractivity contribution < 1.29 is 17.9 Å². The van der Waals surface area contributed by atoms with E-state index in [1.54, 1.807) is 0 Å². The average molecular weight is 363 g/mol. The van der Waals surface area contributed by atoms with Crippen LogP contribution in [0.2, 0.25) is 0 Å². The van der Waals surface area contributed by atoms with Gasteiger partial charge in [-0.25, -0.2) is 13.6 Å². The van der Waals surface area contributed by atoms with Crippen LogP contribution in [0.25, 0.3) is 0 Å². The van der Waals surface area contributed by atoms with Crippen molar-refractivity contribution in [3.63, 3.8) is 0 Å². The molecule has 1 heterocycles. The highest BCUT2D eigenvalue weighted by atomic mass is 79.9. The minimum atomic E-state index is -3.76. The fraction of sp³-hybridized carbons (Fsp3) is 0.417. The number of benzene rings is 1. The highest BCUT2D eigenvalue weighted by Crippen LogP contribution is 2.26. The zero-order valence-electron chi connectivity index (χ0n) is 10.6. The number of nitrogens with two attached hydrogens (primary N) is 1. The average Bonchev–Trinajstić information content (AvgIpc) is 2.41. The molecule has 1 aromatic carbocycles. The Balaban J connectivity index is 2.11. The molecule has 3 N–H and O–H groups in total. The summed E-state index contributed by atoms with van der Waals surface area (Å²) < 4.78 is 28.3. The molecule has 1 aliphatic rings. The highest BCUT2D eigenvalue weighted by Gasteiger charge is 2.22. The first kappa shape index (κ1) is 15.4. The molecule has 1 amide bonds. The number of carbonyl (C=O) groups excluding carboxylic acids is 1. The summed E-state index contributed by atoms with van der Waals surface area (Å²) in [5.74, 6) is -0.228. The predicted octanol–water partition coefficient (Wildman–Crippen LogP) is 1.60. The van der Waals surface area contributed by atoms with Crippen LogP contribution < -0.4 is 10.5 Å². The third kappa shape index (κ3) is 3.78. The third-order valence-electron chi connectivity index (χ3n) is 3.00. The topological polar surface area (TPSA) is 98.5 Å². The van der Waals surface area contributed by atoms with Crippen molar-refractivity contribution in [3.05, 3.63) is 22.7 Å². The summed E-state index contributed by atoms with van der Waals surface area (Å²) in [5.41, 5.74) is 0.483. The standard InChI is InChI=1S/C12H15BrN2O4S/c13-9-7-8(20(14,17)18)4-5-10(9)15-12(16)11-3-1-2-6-19-11/h4-5,7,11H,1-3,6H2,(H,15,16)(H2,14,17,18). The lowest BCUT2D eigenvalue weighted by molar-refractivity contribution is -0.129. The second-order valence-electron chi connectivity index (χ2n) is 4.53. The molecule has 1 atom stereocenters. The summed E-state index contributed by atoms with van der Waals surface area (Å²) in [7, 11) is -3.76. The van der Waals surface area contributed by atoms with Crippen molar-refractivity contribution in [2.24, 2.45) is 5.14 Å². The Morgan fingerprint density at radius 2 is 2.15 bits per heavy atom. The van der Waals surface area contributed by atoms with E-state index in [4.69, 9.17) is 9.88 Å². The third-order valence-corrected chi connectivity index (χ3v) is 4.57. The molecule has 0 saturated carbocycles. The van der Waals surface area contributed by atoms with Crippen LogP contribution >= 0.6 is 15.9 Å². The number of hydrogen-bond donors (Lipinski definition) is 2. The van der Waals surface area contributed by atoms with Gasteiger partial charge in [0.15, 0.2) is 0 Å². The molecule has 1 saturated heterocycles. The molecule has 20 heavy (non-hydrogen) atoms. The van der Waals surface area contributed by atoms with Gasteiger partial charge in [-0.1, -0.05) is 0 Å². The van der Waals surface area contributed by atoms with Gasteiger partial charge in [-0.3, -0.25) is 4.79 Å². The van der Waals surface area contributed by atoms with Gasteiger partial charge in [0.05, 0.1) is 10.6 Å². The molecular formula is C12H15BrN2O4S. The van der Waals surface area contributed by atoms with Crippen molar-refractivity contribution in [1.29, 1.82) is 0 Å². The monoisotopic (exact) mass is 362 g/mol. The van der Waals surface area contributed by atoms with Crippen LogP contribution in [-0.4, -0.2) is 27.0 Å². The smallest absolute Gasteiger partial charge is 0.253 e. The number of ether oxygens (including phenoxy) is 1. The molecule has 110 valence electrons. The summed E-state index contributed by atoms with van der Waals surface area (Å²) in [6.45, 7) is 0.587. The van der Waals surface area contributed by atoms with Gasteiger partial charge in [0.1, 0.15) is 6.10 Å². The molecule has 1 aliphatic heterocycles. The van der Waals surface area contributed by atoms with Gasteiger partial charge in [-0.05, 0) is 53.4 Å². The molecule has 0 spiro atoms. The molecule has 1 fully saturated rings. The van der Waals surface area contributed by atoms with Crippen LogP contribution in [0.15, 0.2) is 27.6 Å². The van der Waals surface area contributed by atoms with Crippen molar-refractivity contribution in [1.82, 2.24) is 0 Å². The van der Waals surface area contributed by atoms with E-state index in [-0.39, 0.29) is 10.8 Å². The minimum Gasteiger partial charge on any atom is -0.368 e. The van der Waals surface area contributed by atoms with E-state index in [1.807, 2.05) is 0 Å². The first-order valence-electron chi connectivity index (χ1n) is 6.13. The number of nitrogens with one attached hydrogen (secondary N) is 1. The van der Waals surface area contributed by atoms with Crippen molar-refractivity contribution in [2.75, 3.05) is 11.9 Å². The van der Waals surface area contributed by atoms with Gasteiger partial charge >= 0.3 is 0 Å². The van der Waals surface area contributed by atoms with Gasteiger partial charge in [0, 0.05) is 11.1 Å². The van der Waals surface area contributed by atoms with Crippen LogP contribution in [-0.2, 0) is 19.6 Å². The first-order chi connectivity index (χ1) is 9.38. The maximum Gasteiger partial charge on any atom is 0.253 e. The second-order valence-corrected chi connectivity index (χ2v) is 6.95. The first-order valence-corrected chi connectivity index (χ1v) is 8.46. The Hall–Kier alpha value is -0.960. The van der Waals surface area contributed by atoms with E-state index in [2.05, 4.69) is 21.2 Å². The van der Waals surface area contributed by atoms with E-state index in [9.17, 15) is 13.2 Å². The van der Waals surface area contributed by atoms with E-state index in [0.29, 0.717) is 23.2 Å². The van der Waals surface area contributed by atoms with Gasteiger partial charge < -0.3 is 10.1 Å². The fourth-order valence-corrected chi connectivity index (χ4v) is 3.10. The second kappa shape index (κ2) is 6.21. The SMILES string of the molecule is NS(=O)(=O)c1ccc(NC(=O)C2CCCCO2)c(Br)c1. The zero-order chi connectivity index (χ0) is 14.8. The molecule has 2 rings (SSSR count). The summed E-state index contributed by atoms with van der Waals surface area (Å²) in [4.78, 5) is 12.0. The van der Waals surface area contributed by atoms with Crippen molar-refractivity contribution in [2.45, 2.75) is 30.3 Å². The molecule has 0 aromatic heterocycles. The van der Waals surface area contributed by atoms with Gasteiger partial charge in [-0.15, -0.1) is 0 Å². The molecule has 1 unspecified atom stereocenters. The van der Waals surface area contributed by atoms with Crippen LogP contribution in [0.5, 0.6) is 0 Å². The van der Waals surface area contributed by atoms with Gasteiger partial charge in [0.25, 0.3) is 5.91 Å². The number of anilines is 1. The van der Waals surface area contributed by atoms with E-state index >= 15 is 0 Å². The number of primary sulfonamides is 1. The van der Waals surface area contributed by atoms with Crippen LogP contribution in [0, 0.1) is 0 Å². The largest absolute Gasteiger partial charge is 0.368 e. The van der Waals surface area contributed by atoms with Crippen LogP contribution in [0.1, 0.15) is 19.3 Å². The quantitative estimate of drug-likeness (QED) is 0.852. The normalized spacial score (nSPS) is 19.6. The van der Waals surface area contributed by atoms with E-state index in [0.717, 1.165) is 12.8 Å². The molecule has 8 heteroatoms. The summed E-state index contributed by atoms with van der Waals surface area (Å²) in [6, 6.07) is 4.19. The Kier molecular flexibility index (Phi) is 4.79. The minimum absolute atomic E-state index is 0.0173. The summed E-state index contributed by atoms with van der Waals surface area (Å²) in [5, 5.41) is 7.75. The van der Waals surface area contributed by atoms with Crippen LogP contribution in [0.3, 0.4) is 0 Å². The summed E-state index contributed by atoms with van der Waals surface area (Å²) >= 11 is 3.22. The van der Waals surface area contributed by atoms with Crippen LogP contribution in [0.4, 0.5) is 5.69 Å². The Labute approximate surface area is 125 Å². The van der Waals surface area contributed by atoms with Crippen molar-refractivity contribution >= 4 is 37.5 Å². The Morgan fingerprint density at radius 1 is 1.40 bits per heavy atom. The van der Waals surface area contributed by atoms with Gasteiger partial charge in [0.2, 0.25) is 10.0 Å². The predicted molar refractivity (Wildman–Crippen MR) is 77.7 cm³/mol. The number of sulfonamides is 1. The maximum atomic E-state index is 12.0. The number of rotatable bonds is 3. The van der Waals surface area contributed by atoms with Gasteiger partial charge in [-0.2, -0.15) is 0 Å². The number of amides is 1. The Morgan fingerprint density at radius 3 is 2.70 bits per heavy atom. The lowest BCUT2D eigenvalue weighted by atomic mass is 10.1. The zero-order valence-corrected chi connectivity index (χ0v) is 13.0. The molecule has 0 aliphatic carbocycles. The molecule has 0 bridgehead atoms. The number of halogens is 1. The number of carbonyl (C=O) groups is 1. The van der Waals surface area contributed by atoms with E-state index in [1.165, 1.54) is 18.2 Å². The maximum absolute atomic E-state index is 12.0. The highest BCUT2D eigenvalue weighted by molar-refractivity contribution is 9.10. The molecular weight excluding hydrogens is 348 g/mol. The molecule has 1 aromatic rings. The molecule has 0 radical (unpaired) electrons. The van der Waals surface area contributed by atoms with Crippen molar-refractivity contribution in [3.8, 4) is 0 Å². The summed E-state index contributed by atoms with van der Waals surface area (Å²) in [6.07, 6.45) is 2.17. The fourth-order valence-electron chi connectivity index (χ4n) is 1.93. The Bertz CT molecular complexity index is 612. The number of hydrogen-bond acceptors (Lipinski definition) is 4. The lowest BCUT2D eigenvalue weighted by Gasteiger charge is -2.22.